The average Bonchev–Trinajstić information content (AvgIpc) is 2.95. The molecule has 0 amide bonds. The van der Waals surface area contributed by atoms with Gasteiger partial charge in [-0.1, -0.05) is 19.0 Å². The Morgan fingerprint density at radius 2 is 2.28 bits per heavy atom. The van der Waals surface area contributed by atoms with Gasteiger partial charge in [-0.15, -0.1) is 0 Å². The first-order chi connectivity index (χ1) is 8.53. The monoisotopic (exact) mass is 255 g/mol. The van der Waals surface area contributed by atoms with Gasteiger partial charge in [-0.2, -0.15) is 0 Å². The van der Waals surface area contributed by atoms with E-state index in [1.807, 2.05) is 13.8 Å². The molecular weight excluding hydrogens is 230 g/mol. The number of ether oxygens (including phenoxy) is 1. The maximum absolute atomic E-state index is 8.70. The van der Waals surface area contributed by atoms with Crippen molar-refractivity contribution in [1.82, 2.24) is 5.32 Å². The Morgan fingerprint density at radius 1 is 1.50 bits per heavy atom. The fraction of sp³-hybridized carbons (Fsp3) is 0.923. The zero-order valence-corrected chi connectivity index (χ0v) is 11.4. The number of nitrogens with zero attached hydrogens (tertiary/aromatic N) is 1. The predicted octanol–water partition coefficient (Wildman–Crippen LogP) is 1.45. The average molecular weight is 255 g/mol. The molecule has 0 aromatic heterocycles. The van der Waals surface area contributed by atoms with E-state index in [2.05, 4.69) is 10.5 Å². The second-order valence-corrected chi connectivity index (χ2v) is 6.14. The lowest BCUT2D eigenvalue weighted by Gasteiger charge is -2.24. The lowest BCUT2D eigenvalue weighted by molar-refractivity contribution is 0.0974. The lowest BCUT2D eigenvalue weighted by atomic mass is 9.86. The first-order valence-corrected chi connectivity index (χ1v) is 6.90. The largest absolute Gasteiger partial charge is 0.409 e. The summed E-state index contributed by atoms with van der Waals surface area (Å²) >= 11 is 0. The van der Waals surface area contributed by atoms with Crippen molar-refractivity contribution >= 4 is 5.84 Å². The van der Waals surface area contributed by atoms with Gasteiger partial charge < -0.3 is 21.0 Å². The van der Waals surface area contributed by atoms with Crippen LogP contribution >= 0.6 is 0 Å². The van der Waals surface area contributed by atoms with Crippen LogP contribution in [-0.2, 0) is 4.74 Å². The summed E-state index contributed by atoms with van der Waals surface area (Å²) < 4.78 is 5.80. The van der Waals surface area contributed by atoms with E-state index >= 15 is 0 Å². The molecule has 5 heteroatoms. The van der Waals surface area contributed by atoms with Gasteiger partial charge in [0.2, 0.25) is 0 Å². The number of nitrogens with one attached hydrogen (secondary N) is 1. The topological polar surface area (TPSA) is 79.9 Å². The third-order valence-electron chi connectivity index (χ3n) is 4.29. The van der Waals surface area contributed by atoms with Crippen molar-refractivity contribution < 1.29 is 9.94 Å². The molecule has 2 aliphatic rings. The molecular formula is C13H25N3O2. The van der Waals surface area contributed by atoms with Crippen molar-refractivity contribution in [1.29, 1.82) is 0 Å². The molecule has 4 N–H and O–H groups in total. The smallest absolute Gasteiger partial charge is 0.144 e. The van der Waals surface area contributed by atoms with Crippen LogP contribution in [0.4, 0.5) is 0 Å². The first-order valence-electron chi connectivity index (χ1n) is 6.90. The quantitative estimate of drug-likeness (QED) is 0.221. The SMILES string of the molecule is CC(C)(CCCNC1CC2CCC1O2)C(N)=NO. The summed E-state index contributed by atoms with van der Waals surface area (Å²) in [6.45, 7) is 4.98. The fourth-order valence-electron chi connectivity index (χ4n) is 2.93. The van der Waals surface area contributed by atoms with Crippen LogP contribution in [-0.4, -0.2) is 35.8 Å². The van der Waals surface area contributed by atoms with Gasteiger partial charge in [0.15, 0.2) is 0 Å². The van der Waals surface area contributed by atoms with E-state index in [-0.39, 0.29) is 5.41 Å². The van der Waals surface area contributed by atoms with Crippen LogP contribution < -0.4 is 11.1 Å². The van der Waals surface area contributed by atoms with Crippen molar-refractivity contribution in [3.8, 4) is 0 Å². The van der Waals surface area contributed by atoms with Crippen LogP contribution in [0, 0.1) is 5.41 Å². The minimum atomic E-state index is -0.235. The Morgan fingerprint density at radius 3 is 2.83 bits per heavy atom. The van der Waals surface area contributed by atoms with Gasteiger partial charge in [0.1, 0.15) is 5.84 Å². The molecule has 2 rings (SSSR count). The Labute approximate surface area is 109 Å². The highest BCUT2D eigenvalue weighted by molar-refractivity contribution is 5.85. The zero-order chi connectivity index (χ0) is 13.2. The van der Waals surface area contributed by atoms with E-state index in [0.717, 1.165) is 25.8 Å². The van der Waals surface area contributed by atoms with Crippen LogP contribution in [0.25, 0.3) is 0 Å². The molecule has 18 heavy (non-hydrogen) atoms. The van der Waals surface area contributed by atoms with Gasteiger partial charge >= 0.3 is 0 Å². The van der Waals surface area contributed by atoms with Crippen LogP contribution in [0.5, 0.6) is 0 Å². The molecule has 0 aromatic carbocycles. The molecule has 2 saturated heterocycles. The molecule has 5 nitrogen and oxygen atoms in total. The van der Waals surface area contributed by atoms with E-state index in [4.69, 9.17) is 15.7 Å². The molecule has 0 saturated carbocycles. The van der Waals surface area contributed by atoms with Crippen molar-refractivity contribution in [3.05, 3.63) is 0 Å². The maximum Gasteiger partial charge on any atom is 0.144 e. The number of oxime groups is 1. The molecule has 2 bridgehead atoms. The molecule has 2 heterocycles. The summed E-state index contributed by atoms with van der Waals surface area (Å²) in [6.07, 6.45) is 6.48. The normalized spacial score (nSPS) is 32.1. The molecule has 2 fully saturated rings. The lowest BCUT2D eigenvalue weighted by Crippen LogP contribution is -2.39. The molecule has 0 aliphatic carbocycles. The number of amidine groups is 1. The van der Waals surface area contributed by atoms with Crippen LogP contribution in [0.3, 0.4) is 0 Å². The van der Waals surface area contributed by atoms with Gasteiger partial charge in [-0.05, 0) is 38.6 Å². The highest BCUT2D eigenvalue weighted by Gasteiger charge is 2.40. The minimum Gasteiger partial charge on any atom is -0.409 e. The van der Waals surface area contributed by atoms with Crippen LogP contribution in [0.15, 0.2) is 5.16 Å². The molecule has 104 valence electrons. The van der Waals surface area contributed by atoms with Crippen molar-refractivity contribution in [2.24, 2.45) is 16.3 Å². The zero-order valence-electron chi connectivity index (χ0n) is 11.4. The molecule has 3 unspecified atom stereocenters. The highest BCUT2D eigenvalue weighted by atomic mass is 16.5. The van der Waals surface area contributed by atoms with Gasteiger partial charge in [-0.25, -0.2) is 0 Å². The van der Waals surface area contributed by atoms with Crippen molar-refractivity contribution in [2.45, 2.75) is 64.2 Å². The third kappa shape index (κ3) is 2.95. The number of hydrogen-bond donors (Lipinski definition) is 3. The Bertz CT molecular complexity index is 317. The Balaban J connectivity index is 1.64. The summed E-state index contributed by atoms with van der Waals surface area (Å²) in [5.41, 5.74) is 5.43. The van der Waals surface area contributed by atoms with E-state index in [9.17, 15) is 0 Å². The first kappa shape index (κ1) is 13.6. The second kappa shape index (κ2) is 5.45. The number of fused-ring (bicyclic) bond motifs is 2. The Hall–Kier alpha value is -0.810. The van der Waals surface area contributed by atoms with Gasteiger partial charge in [-0.3, -0.25) is 0 Å². The molecule has 3 atom stereocenters. The number of rotatable bonds is 6. The van der Waals surface area contributed by atoms with Crippen molar-refractivity contribution in [3.63, 3.8) is 0 Å². The summed E-state index contributed by atoms with van der Waals surface area (Å²) in [5.74, 6) is 0.311. The summed E-state index contributed by atoms with van der Waals surface area (Å²) in [5, 5.41) is 15.4. The fourth-order valence-corrected chi connectivity index (χ4v) is 2.93. The minimum absolute atomic E-state index is 0.235. The molecule has 0 radical (unpaired) electrons. The number of hydrogen-bond acceptors (Lipinski definition) is 4. The van der Waals surface area contributed by atoms with E-state index in [1.54, 1.807) is 0 Å². The summed E-state index contributed by atoms with van der Waals surface area (Å²) in [4.78, 5) is 0. The van der Waals surface area contributed by atoms with E-state index < -0.39 is 0 Å². The highest BCUT2D eigenvalue weighted by Crippen LogP contribution is 2.34. The van der Waals surface area contributed by atoms with Gasteiger partial charge in [0.05, 0.1) is 12.2 Å². The van der Waals surface area contributed by atoms with Crippen LogP contribution in [0.2, 0.25) is 0 Å². The molecule has 0 spiro atoms. The molecule has 2 aliphatic heterocycles. The van der Waals surface area contributed by atoms with Gasteiger partial charge in [0.25, 0.3) is 0 Å². The standard InChI is InChI=1S/C13H25N3O2/c1-13(2,12(14)16-17)6-3-7-15-10-8-9-4-5-11(10)18-9/h9-11,15,17H,3-8H2,1-2H3,(H2,14,16). The van der Waals surface area contributed by atoms with Gasteiger partial charge in [0, 0.05) is 11.5 Å². The van der Waals surface area contributed by atoms with E-state index in [0.29, 0.717) is 24.1 Å². The summed E-state index contributed by atoms with van der Waals surface area (Å²) in [6, 6.07) is 0.538. The van der Waals surface area contributed by atoms with Crippen LogP contribution in [0.1, 0.15) is 46.0 Å². The second-order valence-electron chi connectivity index (χ2n) is 6.14. The number of nitrogens with two attached hydrogens (primary N) is 1. The van der Waals surface area contributed by atoms with Crippen molar-refractivity contribution in [2.75, 3.05) is 6.54 Å². The summed E-state index contributed by atoms with van der Waals surface area (Å²) in [7, 11) is 0. The molecule has 0 aromatic rings. The predicted molar refractivity (Wildman–Crippen MR) is 70.7 cm³/mol. The Kier molecular flexibility index (Phi) is 4.12. The maximum atomic E-state index is 8.70. The van der Waals surface area contributed by atoms with E-state index in [1.165, 1.54) is 12.8 Å². The third-order valence-corrected chi connectivity index (χ3v) is 4.29.